The summed E-state index contributed by atoms with van der Waals surface area (Å²) in [7, 11) is 0. The van der Waals surface area contributed by atoms with Crippen LogP contribution in [0.25, 0.3) is 87.3 Å². The molecule has 11 rings (SSSR count). The monoisotopic (exact) mass is 687 g/mol. The van der Waals surface area contributed by atoms with Gasteiger partial charge in [0.05, 0.1) is 11.4 Å². The Kier molecular flexibility index (Phi) is 6.90. The summed E-state index contributed by atoms with van der Waals surface area (Å²) in [6.45, 7) is 0. The number of para-hydroxylation sites is 2. The summed E-state index contributed by atoms with van der Waals surface area (Å²) in [5, 5.41) is 12.2. The minimum Gasteiger partial charge on any atom is -0.456 e. The lowest BCUT2D eigenvalue weighted by molar-refractivity contribution is 0.669. The molecule has 2 heteroatoms. The summed E-state index contributed by atoms with van der Waals surface area (Å²) in [6, 6.07) is 72.2. The molecule has 0 radical (unpaired) electrons. The summed E-state index contributed by atoms with van der Waals surface area (Å²) in [5.41, 5.74) is 9.98. The molecule has 11 aromatic rings. The number of fused-ring (bicyclic) bond motifs is 11. The zero-order valence-corrected chi connectivity index (χ0v) is 29.4. The van der Waals surface area contributed by atoms with E-state index in [1.807, 2.05) is 6.07 Å². The van der Waals surface area contributed by atoms with Gasteiger partial charge >= 0.3 is 0 Å². The molecule has 0 aliphatic heterocycles. The molecule has 0 N–H and O–H groups in total. The summed E-state index contributed by atoms with van der Waals surface area (Å²) in [6.07, 6.45) is 0. The van der Waals surface area contributed by atoms with Gasteiger partial charge in [-0.3, -0.25) is 0 Å². The molecule has 0 saturated carbocycles. The number of hydrogen-bond donors (Lipinski definition) is 0. The van der Waals surface area contributed by atoms with Crippen LogP contribution in [0.15, 0.2) is 205 Å². The lowest BCUT2D eigenvalue weighted by Gasteiger charge is -2.29. The highest BCUT2D eigenvalue weighted by molar-refractivity contribution is 6.36. The smallest absolute Gasteiger partial charge is 0.136 e. The Morgan fingerprint density at radius 3 is 1.69 bits per heavy atom. The van der Waals surface area contributed by atoms with Crippen molar-refractivity contribution in [3.05, 3.63) is 200 Å². The number of furan rings is 1. The van der Waals surface area contributed by atoms with Crippen molar-refractivity contribution in [3.8, 4) is 22.3 Å². The van der Waals surface area contributed by atoms with E-state index >= 15 is 0 Å². The third-order valence-corrected chi connectivity index (χ3v) is 11.0. The van der Waals surface area contributed by atoms with Crippen LogP contribution in [0.4, 0.5) is 17.1 Å². The first-order valence-electron chi connectivity index (χ1n) is 18.5. The Morgan fingerprint density at radius 1 is 0.296 bits per heavy atom. The molecule has 0 saturated heterocycles. The van der Waals surface area contributed by atoms with Crippen molar-refractivity contribution < 1.29 is 4.42 Å². The Hall–Kier alpha value is -7.16. The van der Waals surface area contributed by atoms with E-state index in [0.29, 0.717) is 0 Å². The highest BCUT2D eigenvalue weighted by atomic mass is 16.3. The quantitative estimate of drug-likeness (QED) is 0.168. The highest BCUT2D eigenvalue weighted by Gasteiger charge is 2.21. The summed E-state index contributed by atoms with van der Waals surface area (Å²) in [5.74, 6) is 0. The van der Waals surface area contributed by atoms with E-state index in [1.165, 1.54) is 70.7 Å². The first-order valence-corrected chi connectivity index (χ1v) is 18.5. The molecule has 0 fully saturated rings. The van der Waals surface area contributed by atoms with Crippen LogP contribution in [-0.2, 0) is 0 Å². The molecule has 0 spiro atoms. The van der Waals surface area contributed by atoms with Crippen LogP contribution in [0.5, 0.6) is 0 Å². The fraction of sp³-hybridized carbons (Fsp3) is 0. The van der Waals surface area contributed by atoms with Crippen LogP contribution in [0, 0.1) is 0 Å². The molecule has 0 amide bonds. The van der Waals surface area contributed by atoms with E-state index in [2.05, 4.69) is 199 Å². The predicted molar refractivity (Wildman–Crippen MR) is 229 cm³/mol. The molecular weight excluding hydrogens is 655 g/mol. The molecule has 0 aliphatic rings. The van der Waals surface area contributed by atoms with Gasteiger partial charge in [-0.2, -0.15) is 0 Å². The zero-order chi connectivity index (χ0) is 35.6. The Bertz CT molecular complexity index is 3180. The highest BCUT2D eigenvalue weighted by Crippen LogP contribution is 2.47. The van der Waals surface area contributed by atoms with Crippen molar-refractivity contribution in [1.29, 1.82) is 0 Å². The molecule has 1 heterocycles. The molecule has 54 heavy (non-hydrogen) atoms. The van der Waals surface area contributed by atoms with Crippen molar-refractivity contribution in [2.75, 3.05) is 4.90 Å². The summed E-state index contributed by atoms with van der Waals surface area (Å²) in [4.78, 5) is 2.42. The standard InChI is InChI=1S/C52H33NO/c1-2-14-34(15-3-1)38-19-8-10-25-46(38)53(47-26-12-17-35-16-4-5-18-39(35)47)37-30-28-36(29-31-37)40-23-13-24-42-44-32-33-49-52(45-22-9-11-27-48(45)54-49)51(44)43-21-7-6-20-41(43)50(40)42/h1-33H. The van der Waals surface area contributed by atoms with Gasteiger partial charge in [0.2, 0.25) is 0 Å². The molecular formula is C52H33NO. The van der Waals surface area contributed by atoms with Gasteiger partial charge in [-0.25, -0.2) is 0 Å². The largest absolute Gasteiger partial charge is 0.456 e. The molecule has 0 aliphatic carbocycles. The van der Waals surface area contributed by atoms with Gasteiger partial charge in [0.1, 0.15) is 11.2 Å². The normalized spacial score (nSPS) is 11.7. The van der Waals surface area contributed by atoms with Crippen molar-refractivity contribution in [2.24, 2.45) is 0 Å². The Labute approximate surface area is 312 Å². The number of anilines is 3. The van der Waals surface area contributed by atoms with E-state index in [1.54, 1.807) is 0 Å². The van der Waals surface area contributed by atoms with Crippen LogP contribution in [0.1, 0.15) is 0 Å². The second-order valence-corrected chi connectivity index (χ2v) is 14.0. The maximum atomic E-state index is 6.36. The second-order valence-electron chi connectivity index (χ2n) is 14.0. The van der Waals surface area contributed by atoms with Gasteiger partial charge in [-0.05, 0) is 91.5 Å². The lowest BCUT2D eigenvalue weighted by Crippen LogP contribution is -2.11. The van der Waals surface area contributed by atoms with E-state index in [4.69, 9.17) is 4.42 Å². The summed E-state index contributed by atoms with van der Waals surface area (Å²) < 4.78 is 6.36. The molecule has 1 aromatic heterocycles. The Balaban J connectivity index is 1.13. The SMILES string of the molecule is c1ccc(-c2ccccc2N(c2ccc(-c3cccc4c5ccc6oc7ccccc7c6c5c5ccccc5c34)cc2)c2cccc3ccccc23)cc1. The number of nitrogens with zero attached hydrogens (tertiary/aromatic N) is 1. The van der Waals surface area contributed by atoms with Crippen molar-refractivity contribution in [3.63, 3.8) is 0 Å². The molecule has 0 atom stereocenters. The average Bonchev–Trinajstić information content (AvgIpc) is 3.63. The van der Waals surface area contributed by atoms with Gasteiger partial charge in [0.15, 0.2) is 0 Å². The van der Waals surface area contributed by atoms with Crippen LogP contribution >= 0.6 is 0 Å². The van der Waals surface area contributed by atoms with Crippen LogP contribution < -0.4 is 4.90 Å². The van der Waals surface area contributed by atoms with Crippen LogP contribution in [0.3, 0.4) is 0 Å². The average molecular weight is 688 g/mol. The molecule has 252 valence electrons. The third kappa shape index (κ3) is 4.67. The van der Waals surface area contributed by atoms with Crippen molar-refractivity contribution in [1.82, 2.24) is 0 Å². The molecule has 0 bridgehead atoms. The van der Waals surface area contributed by atoms with Gasteiger partial charge < -0.3 is 9.32 Å². The first kappa shape index (κ1) is 30.5. The second kappa shape index (κ2) is 12.2. The zero-order valence-electron chi connectivity index (χ0n) is 29.4. The van der Waals surface area contributed by atoms with Gasteiger partial charge in [-0.15, -0.1) is 0 Å². The van der Waals surface area contributed by atoms with Gasteiger partial charge in [0.25, 0.3) is 0 Å². The van der Waals surface area contributed by atoms with Crippen molar-refractivity contribution in [2.45, 2.75) is 0 Å². The minimum absolute atomic E-state index is 0.918. The fourth-order valence-electron chi connectivity index (χ4n) is 8.68. The first-order chi connectivity index (χ1) is 26.8. The van der Waals surface area contributed by atoms with E-state index in [0.717, 1.165) is 33.6 Å². The third-order valence-electron chi connectivity index (χ3n) is 11.0. The van der Waals surface area contributed by atoms with Crippen LogP contribution in [0.2, 0.25) is 0 Å². The topological polar surface area (TPSA) is 16.4 Å². The lowest BCUT2D eigenvalue weighted by atomic mass is 9.88. The van der Waals surface area contributed by atoms with Crippen LogP contribution in [-0.4, -0.2) is 0 Å². The number of hydrogen-bond acceptors (Lipinski definition) is 2. The fourth-order valence-corrected chi connectivity index (χ4v) is 8.68. The number of benzene rings is 10. The Morgan fingerprint density at radius 2 is 0.852 bits per heavy atom. The van der Waals surface area contributed by atoms with Gasteiger partial charge in [0, 0.05) is 32.8 Å². The minimum atomic E-state index is 0.918. The molecule has 10 aromatic carbocycles. The molecule has 0 unspecified atom stereocenters. The molecule has 2 nitrogen and oxygen atoms in total. The number of rotatable bonds is 5. The van der Waals surface area contributed by atoms with E-state index < -0.39 is 0 Å². The summed E-state index contributed by atoms with van der Waals surface area (Å²) >= 11 is 0. The van der Waals surface area contributed by atoms with Gasteiger partial charge in [-0.1, -0.05) is 158 Å². The maximum absolute atomic E-state index is 6.36. The van der Waals surface area contributed by atoms with E-state index in [9.17, 15) is 0 Å². The maximum Gasteiger partial charge on any atom is 0.136 e. The van der Waals surface area contributed by atoms with Crippen molar-refractivity contribution >= 4 is 82.1 Å². The predicted octanol–water partition coefficient (Wildman–Crippen LogP) is 15.0. The van der Waals surface area contributed by atoms with E-state index in [-0.39, 0.29) is 0 Å².